The van der Waals surface area contributed by atoms with E-state index in [1.807, 2.05) is 24.3 Å². The van der Waals surface area contributed by atoms with Crippen LogP contribution in [0.15, 0.2) is 41.1 Å². The van der Waals surface area contributed by atoms with Gasteiger partial charge in [-0.05, 0) is 17.7 Å². The number of aromatic nitrogens is 2. The van der Waals surface area contributed by atoms with Gasteiger partial charge in [-0.15, -0.1) is 0 Å². The van der Waals surface area contributed by atoms with Crippen LogP contribution < -0.4 is 5.84 Å². The minimum atomic E-state index is 1.02. The van der Waals surface area contributed by atoms with Gasteiger partial charge in [0.15, 0.2) is 0 Å². The van der Waals surface area contributed by atoms with Crippen LogP contribution in [0.3, 0.4) is 0 Å². The lowest BCUT2D eigenvalue weighted by Crippen LogP contribution is -2.06. The molecule has 0 radical (unpaired) electrons. The standard InChI is InChI=1S/C9H8BrN3/c10-9-3-1-2-7(4-9)8-5-12-13(11)6-8/h1-6H,11H2. The Kier molecular flexibility index (Phi) is 2.06. The van der Waals surface area contributed by atoms with Crippen LogP contribution in [0.5, 0.6) is 0 Å². The number of hydrogen-bond acceptors (Lipinski definition) is 2. The summed E-state index contributed by atoms with van der Waals surface area (Å²) in [7, 11) is 0. The van der Waals surface area contributed by atoms with Crippen LogP contribution in [-0.4, -0.2) is 9.89 Å². The number of rotatable bonds is 1. The maximum atomic E-state index is 5.45. The van der Waals surface area contributed by atoms with Crippen LogP contribution in [0.25, 0.3) is 11.1 Å². The van der Waals surface area contributed by atoms with E-state index >= 15 is 0 Å². The molecule has 0 amide bonds. The molecule has 0 aliphatic heterocycles. The smallest absolute Gasteiger partial charge is 0.0589 e. The zero-order valence-corrected chi connectivity index (χ0v) is 8.40. The third-order valence-electron chi connectivity index (χ3n) is 1.76. The molecular formula is C9H8BrN3. The lowest BCUT2D eigenvalue weighted by atomic mass is 10.1. The summed E-state index contributed by atoms with van der Waals surface area (Å²) < 4.78 is 1.05. The van der Waals surface area contributed by atoms with Crippen molar-refractivity contribution in [3.63, 3.8) is 0 Å². The first-order valence-electron chi connectivity index (χ1n) is 3.81. The van der Waals surface area contributed by atoms with Crippen LogP contribution in [-0.2, 0) is 0 Å². The molecule has 13 heavy (non-hydrogen) atoms. The predicted octanol–water partition coefficient (Wildman–Crippen LogP) is 2.03. The minimum absolute atomic E-state index is 1.02. The zero-order valence-electron chi connectivity index (χ0n) is 6.81. The Morgan fingerprint density at radius 2 is 2.15 bits per heavy atom. The Labute approximate surface area is 84.3 Å². The topological polar surface area (TPSA) is 43.8 Å². The van der Waals surface area contributed by atoms with E-state index in [9.17, 15) is 0 Å². The largest absolute Gasteiger partial charge is 0.323 e. The van der Waals surface area contributed by atoms with Gasteiger partial charge in [-0.3, -0.25) is 0 Å². The zero-order chi connectivity index (χ0) is 9.26. The van der Waals surface area contributed by atoms with E-state index in [4.69, 9.17) is 5.84 Å². The van der Waals surface area contributed by atoms with Crippen molar-refractivity contribution >= 4 is 15.9 Å². The highest BCUT2D eigenvalue weighted by atomic mass is 79.9. The fraction of sp³-hybridized carbons (Fsp3) is 0. The van der Waals surface area contributed by atoms with Crippen molar-refractivity contribution < 1.29 is 0 Å². The number of halogens is 1. The average Bonchev–Trinajstić information content (AvgIpc) is 2.52. The molecule has 0 aliphatic rings. The molecule has 1 aromatic heterocycles. The van der Waals surface area contributed by atoms with Gasteiger partial charge in [0.1, 0.15) is 0 Å². The Morgan fingerprint density at radius 3 is 2.77 bits per heavy atom. The van der Waals surface area contributed by atoms with Gasteiger partial charge < -0.3 is 5.84 Å². The van der Waals surface area contributed by atoms with Crippen molar-refractivity contribution in [3.05, 3.63) is 41.1 Å². The molecule has 66 valence electrons. The average molecular weight is 238 g/mol. The predicted molar refractivity (Wildman–Crippen MR) is 55.5 cm³/mol. The molecule has 2 aromatic rings. The summed E-state index contributed by atoms with van der Waals surface area (Å²) in [6.07, 6.45) is 3.52. The van der Waals surface area contributed by atoms with E-state index in [-0.39, 0.29) is 0 Å². The number of nitrogens with zero attached hydrogens (tertiary/aromatic N) is 2. The van der Waals surface area contributed by atoms with Crippen molar-refractivity contribution in [2.45, 2.75) is 0 Å². The second kappa shape index (κ2) is 3.22. The number of nitrogens with two attached hydrogens (primary N) is 1. The summed E-state index contributed by atoms with van der Waals surface area (Å²) in [5, 5.41) is 3.90. The molecule has 4 heteroatoms. The lowest BCUT2D eigenvalue weighted by Gasteiger charge is -1.96. The first kappa shape index (κ1) is 8.31. The Bertz CT molecular complexity index is 422. The van der Waals surface area contributed by atoms with Gasteiger partial charge in [-0.2, -0.15) is 9.89 Å². The SMILES string of the molecule is Nn1cc(-c2cccc(Br)c2)cn1. The van der Waals surface area contributed by atoms with Crippen LogP contribution in [0.1, 0.15) is 0 Å². The quantitative estimate of drug-likeness (QED) is 0.772. The molecule has 3 nitrogen and oxygen atoms in total. The van der Waals surface area contributed by atoms with Crippen molar-refractivity contribution in [3.8, 4) is 11.1 Å². The minimum Gasteiger partial charge on any atom is -0.323 e. The Morgan fingerprint density at radius 1 is 1.31 bits per heavy atom. The van der Waals surface area contributed by atoms with Gasteiger partial charge in [0.05, 0.1) is 12.4 Å². The van der Waals surface area contributed by atoms with Crippen LogP contribution in [0.2, 0.25) is 0 Å². The normalized spacial score (nSPS) is 10.2. The number of nitrogen functional groups attached to an aromatic ring is 1. The van der Waals surface area contributed by atoms with E-state index in [2.05, 4.69) is 21.0 Å². The molecule has 2 N–H and O–H groups in total. The van der Waals surface area contributed by atoms with Crippen LogP contribution in [0, 0.1) is 0 Å². The molecule has 0 saturated heterocycles. The van der Waals surface area contributed by atoms with Crippen molar-refractivity contribution in [1.82, 2.24) is 9.89 Å². The maximum Gasteiger partial charge on any atom is 0.0589 e. The van der Waals surface area contributed by atoms with Gasteiger partial charge in [0.2, 0.25) is 0 Å². The second-order valence-corrected chi connectivity index (χ2v) is 3.64. The summed E-state index contributed by atoms with van der Waals surface area (Å²) >= 11 is 3.41. The first-order chi connectivity index (χ1) is 6.25. The molecule has 0 aliphatic carbocycles. The molecule has 0 spiro atoms. The third-order valence-corrected chi connectivity index (χ3v) is 2.25. The van der Waals surface area contributed by atoms with Crippen LogP contribution in [0.4, 0.5) is 0 Å². The summed E-state index contributed by atoms with van der Waals surface area (Å²) in [6, 6.07) is 8.00. The summed E-state index contributed by atoms with van der Waals surface area (Å²) in [6.45, 7) is 0. The highest BCUT2D eigenvalue weighted by Crippen LogP contribution is 2.21. The molecule has 1 heterocycles. The molecule has 0 saturated carbocycles. The fourth-order valence-corrected chi connectivity index (χ4v) is 1.55. The number of benzene rings is 1. The molecule has 0 fully saturated rings. The van der Waals surface area contributed by atoms with Crippen LogP contribution >= 0.6 is 15.9 Å². The number of hydrogen-bond donors (Lipinski definition) is 1. The molecule has 0 unspecified atom stereocenters. The lowest BCUT2D eigenvalue weighted by molar-refractivity contribution is 0.832. The van der Waals surface area contributed by atoms with Crippen molar-refractivity contribution in [2.24, 2.45) is 0 Å². The molecule has 0 atom stereocenters. The second-order valence-electron chi connectivity index (χ2n) is 2.72. The first-order valence-corrected chi connectivity index (χ1v) is 4.61. The van der Waals surface area contributed by atoms with E-state index < -0.39 is 0 Å². The van der Waals surface area contributed by atoms with E-state index in [0.717, 1.165) is 15.6 Å². The Hall–Kier alpha value is -1.29. The summed E-state index contributed by atoms with van der Waals surface area (Å²) in [5.41, 5.74) is 2.12. The van der Waals surface area contributed by atoms with E-state index in [1.54, 1.807) is 12.4 Å². The third kappa shape index (κ3) is 1.72. The maximum absolute atomic E-state index is 5.45. The molecular weight excluding hydrogens is 230 g/mol. The molecule has 2 rings (SSSR count). The van der Waals surface area contributed by atoms with E-state index in [0.29, 0.717) is 0 Å². The van der Waals surface area contributed by atoms with Gasteiger partial charge in [0, 0.05) is 10.0 Å². The highest BCUT2D eigenvalue weighted by molar-refractivity contribution is 9.10. The fourth-order valence-electron chi connectivity index (χ4n) is 1.16. The highest BCUT2D eigenvalue weighted by Gasteiger charge is 1.99. The summed E-state index contributed by atoms with van der Waals surface area (Å²) in [4.78, 5) is 1.30. The van der Waals surface area contributed by atoms with Gasteiger partial charge in [-0.1, -0.05) is 28.1 Å². The van der Waals surface area contributed by atoms with Gasteiger partial charge in [-0.25, -0.2) is 0 Å². The van der Waals surface area contributed by atoms with Crippen molar-refractivity contribution in [1.29, 1.82) is 0 Å². The van der Waals surface area contributed by atoms with Gasteiger partial charge >= 0.3 is 0 Å². The summed E-state index contributed by atoms with van der Waals surface area (Å²) in [5.74, 6) is 5.45. The molecule has 0 bridgehead atoms. The monoisotopic (exact) mass is 237 g/mol. The molecule has 1 aromatic carbocycles. The Balaban J connectivity index is 2.46. The van der Waals surface area contributed by atoms with Gasteiger partial charge in [0.25, 0.3) is 0 Å². The van der Waals surface area contributed by atoms with Crippen molar-refractivity contribution in [2.75, 3.05) is 5.84 Å². The van der Waals surface area contributed by atoms with E-state index in [1.165, 1.54) is 4.79 Å².